The lowest BCUT2D eigenvalue weighted by Crippen LogP contribution is -2.27. The summed E-state index contributed by atoms with van der Waals surface area (Å²) in [4.78, 5) is 0. The van der Waals surface area contributed by atoms with Gasteiger partial charge in [0.05, 0.1) is 6.10 Å². The van der Waals surface area contributed by atoms with Gasteiger partial charge in [0.2, 0.25) is 0 Å². The Morgan fingerprint density at radius 2 is 2.36 bits per heavy atom. The molecule has 2 atom stereocenters. The van der Waals surface area contributed by atoms with Gasteiger partial charge in [-0.25, -0.2) is 0 Å². The summed E-state index contributed by atoms with van der Waals surface area (Å²) < 4.78 is 5.58. The van der Waals surface area contributed by atoms with E-state index in [1.54, 1.807) is 0 Å². The van der Waals surface area contributed by atoms with Crippen LogP contribution in [0.4, 0.5) is 0 Å². The van der Waals surface area contributed by atoms with E-state index in [1.807, 2.05) is 0 Å². The summed E-state index contributed by atoms with van der Waals surface area (Å²) in [5, 5.41) is 8.63. The van der Waals surface area contributed by atoms with Crippen LogP contribution >= 0.6 is 0 Å². The average molecular weight is 158 g/mol. The van der Waals surface area contributed by atoms with Crippen molar-refractivity contribution in [2.24, 2.45) is 5.92 Å². The van der Waals surface area contributed by atoms with Gasteiger partial charge in [-0.05, 0) is 31.6 Å². The highest BCUT2D eigenvalue weighted by Gasteiger charge is 2.20. The zero-order chi connectivity index (χ0) is 8.10. The Bertz CT molecular complexity index is 104. The van der Waals surface area contributed by atoms with Crippen molar-refractivity contribution >= 4 is 0 Å². The van der Waals surface area contributed by atoms with Gasteiger partial charge in [-0.1, -0.05) is 6.92 Å². The third kappa shape index (κ3) is 2.80. The van der Waals surface area contributed by atoms with E-state index in [1.165, 1.54) is 12.8 Å². The molecule has 0 radical (unpaired) electrons. The van der Waals surface area contributed by atoms with Crippen LogP contribution in [-0.2, 0) is 4.74 Å². The normalized spacial score (nSPS) is 32.2. The summed E-state index contributed by atoms with van der Waals surface area (Å²) in [5.41, 5.74) is 0. The molecule has 0 saturated carbocycles. The largest absolute Gasteiger partial charge is 0.396 e. The predicted octanol–water partition coefficient (Wildman–Crippen LogP) is 1.57. The Morgan fingerprint density at radius 3 is 3.00 bits per heavy atom. The van der Waals surface area contributed by atoms with Gasteiger partial charge in [-0.3, -0.25) is 0 Å². The molecule has 1 heterocycles. The lowest BCUT2D eigenvalue weighted by atomic mass is 9.93. The van der Waals surface area contributed by atoms with E-state index in [0.29, 0.717) is 18.6 Å². The molecular weight excluding hydrogens is 140 g/mol. The molecule has 0 aromatic rings. The molecule has 66 valence electrons. The van der Waals surface area contributed by atoms with Gasteiger partial charge in [0.15, 0.2) is 0 Å². The topological polar surface area (TPSA) is 29.5 Å². The van der Waals surface area contributed by atoms with E-state index in [-0.39, 0.29) is 0 Å². The lowest BCUT2D eigenvalue weighted by molar-refractivity contribution is -0.0274. The molecule has 0 unspecified atom stereocenters. The number of rotatable bonds is 3. The Labute approximate surface area is 68.6 Å². The Morgan fingerprint density at radius 1 is 1.55 bits per heavy atom. The maximum Gasteiger partial charge on any atom is 0.0601 e. The molecule has 1 fully saturated rings. The molecule has 0 aliphatic carbocycles. The molecule has 0 aromatic heterocycles. The number of aliphatic hydroxyl groups is 1. The third-order valence-electron chi connectivity index (χ3n) is 2.42. The van der Waals surface area contributed by atoms with Crippen LogP contribution in [0.15, 0.2) is 0 Å². The molecule has 0 amide bonds. The molecule has 0 bridgehead atoms. The third-order valence-corrected chi connectivity index (χ3v) is 2.42. The predicted molar refractivity (Wildman–Crippen MR) is 44.5 cm³/mol. The molecule has 1 rings (SSSR count). The van der Waals surface area contributed by atoms with Crippen molar-refractivity contribution < 1.29 is 9.84 Å². The molecular formula is C9H18O2. The Kier molecular flexibility index (Phi) is 3.87. The first kappa shape index (κ1) is 9.01. The summed E-state index contributed by atoms with van der Waals surface area (Å²) in [7, 11) is 0. The van der Waals surface area contributed by atoms with Crippen LogP contribution in [0.3, 0.4) is 0 Å². The van der Waals surface area contributed by atoms with Crippen molar-refractivity contribution in [1.29, 1.82) is 0 Å². The monoisotopic (exact) mass is 158 g/mol. The zero-order valence-electron chi connectivity index (χ0n) is 7.25. The molecule has 11 heavy (non-hydrogen) atoms. The van der Waals surface area contributed by atoms with Gasteiger partial charge in [0, 0.05) is 13.2 Å². The summed E-state index contributed by atoms with van der Waals surface area (Å²) in [6, 6.07) is 0. The van der Waals surface area contributed by atoms with Crippen LogP contribution < -0.4 is 0 Å². The molecule has 2 heteroatoms. The van der Waals surface area contributed by atoms with Crippen molar-refractivity contribution in [1.82, 2.24) is 0 Å². The summed E-state index contributed by atoms with van der Waals surface area (Å²) >= 11 is 0. The quantitative estimate of drug-likeness (QED) is 0.675. The Balaban J connectivity index is 2.18. The molecule has 0 aromatic carbocycles. The lowest BCUT2D eigenvalue weighted by Gasteiger charge is -2.28. The Hall–Kier alpha value is -0.0800. The van der Waals surface area contributed by atoms with Crippen LogP contribution in [0.2, 0.25) is 0 Å². The van der Waals surface area contributed by atoms with Crippen molar-refractivity contribution in [2.45, 2.75) is 38.7 Å². The van der Waals surface area contributed by atoms with E-state index in [4.69, 9.17) is 9.84 Å². The second-order valence-corrected chi connectivity index (χ2v) is 3.39. The second-order valence-electron chi connectivity index (χ2n) is 3.39. The zero-order valence-corrected chi connectivity index (χ0v) is 7.25. The van der Waals surface area contributed by atoms with Crippen molar-refractivity contribution in [2.75, 3.05) is 13.2 Å². The summed E-state index contributed by atoms with van der Waals surface area (Å²) in [6.07, 6.45) is 4.82. The summed E-state index contributed by atoms with van der Waals surface area (Å²) in [6.45, 7) is 3.45. The molecule has 0 spiro atoms. The van der Waals surface area contributed by atoms with E-state index < -0.39 is 0 Å². The van der Waals surface area contributed by atoms with Crippen LogP contribution in [0.25, 0.3) is 0 Å². The number of aliphatic hydroxyl groups excluding tert-OH is 1. The minimum absolute atomic E-state index is 0.298. The van der Waals surface area contributed by atoms with Crippen molar-refractivity contribution in [3.63, 3.8) is 0 Å². The van der Waals surface area contributed by atoms with Gasteiger partial charge in [-0.2, -0.15) is 0 Å². The van der Waals surface area contributed by atoms with Crippen molar-refractivity contribution in [3.05, 3.63) is 0 Å². The van der Waals surface area contributed by atoms with Crippen LogP contribution in [0, 0.1) is 5.92 Å². The van der Waals surface area contributed by atoms with E-state index >= 15 is 0 Å². The van der Waals surface area contributed by atoms with Gasteiger partial charge in [0.25, 0.3) is 0 Å². The first-order valence-electron chi connectivity index (χ1n) is 4.57. The fourth-order valence-corrected chi connectivity index (χ4v) is 1.65. The smallest absolute Gasteiger partial charge is 0.0601 e. The average Bonchev–Trinajstić information content (AvgIpc) is 2.03. The van der Waals surface area contributed by atoms with E-state index in [9.17, 15) is 0 Å². The molecule has 1 aliphatic rings. The second kappa shape index (κ2) is 4.73. The number of hydrogen-bond acceptors (Lipinski definition) is 2. The SMILES string of the molecule is C[C@H]1CCCO[C@H]1CCCO. The van der Waals surface area contributed by atoms with Crippen LogP contribution in [0.1, 0.15) is 32.6 Å². The maximum absolute atomic E-state index is 8.63. The minimum atomic E-state index is 0.298. The minimum Gasteiger partial charge on any atom is -0.396 e. The highest BCUT2D eigenvalue weighted by atomic mass is 16.5. The fourth-order valence-electron chi connectivity index (χ4n) is 1.65. The maximum atomic E-state index is 8.63. The van der Waals surface area contributed by atoms with Gasteiger partial charge < -0.3 is 9.84 Å². The number of ether oxygens (including phenoxy) is 1. The fraction of sp³-hybridized carbons (Fsp3) is 1.00. The standard InChI is InChI=1S/C9H18O2/c1-8-4-3-7-11-9(8)5-2-6-10/h8-10H,2-7H2,1H3/t8-,9-/m0/s1. The van der Waals surface area contributed by atoms with Crippen molar-refractivity contribution in [3.8, 4) is 0 Å². The van der Waals surface area contributed by atoms with Crippen LogP contribution in [0.5, 0.6) is 0 Å². The first-order chi connectivity index (χ1) is 5.34. The van der Waals surface area contributed by atoms with Gasteiger partial charge in [-0.15, -0.1) is 0 Å². The highest BCUT2D eigenvalue weighted by molar-refractivity contribution is 4.70. The molecule has 1 aliphatic heterocycles. The highest BCUT2D eigenvalue weighted by Crippen LogP contribution is 2.23. The molecule has 1 N–H and O–H groups in total. The van der Waals surface area contributed by atoms with Gasteiger partial charge in [0.1, 0.15) is 0 Å². The molecule has 2 nitrogen and oxygen atoms in total. The summed E-state index contributed by atoms with van der Waals surface area (Å²) in [5.74, 6) is 0.690. The van der Waals surface area contributed by atoms with E-state index in [2.05, 4.69) is 6.92 Å². The van der Waals surface area contributed by atoms with Crippen LogP contribution in [-0.4, -0.2) is 24.4 Å². The number of hydrogen-bond donors (Lipinski definition) is 1. The first-order valence-corrected chi connectivity index (χ1v) is 4.57. The van der Waals surface area contributed by atoms with E-state index in [0.717, 1.165) is 19.4 Å². The van der Waals surface area contributed by atoms with Gasteiger partial charge >= 0.3 is 0 Å². The molecule has 1 saturated heterocycles.